The van der Waals surface area contributed by atoms with E-state index in [1.165, 1.54) is 11.3 Å². The number of nitrogens with zero attached hydrogens (tertiary/aromatic N) is 4. The van der Waals surface area contributed by atoms with Crippen molar-refractivity contribution in [2.75, 3.05) is 0 Å². The summed E-state index contributed by atoms with van der Waals surface area (Å²) in [6.07, 6.45) is 1.26. The number of rotatable bonds is 4. The molecule has 21 heavy (non-hydrogen) atoms. The summed E-state index contributed by atoms with van der Waals surface area (Å²) in [5.74, 6) is 0. The van der Waals surface area contributed by atoms with Crippen LogP contribution in [0.2, 0.25) is 5.02 Å². The topological polar surface area (TPSA) is 60.7 Å². The zero-order chi connectivity index (χ0) is 14.8. The Morgan fingerprint density at radius 1 is 1.33 bits per heavy atom. The van der Waals surface area contributed by atoms with Gasteiger partial charge in [0.05, 0.1) is 11.4 Å². The molecule has 5 nitrogen and oxygen atoms in total. The SMILES string of the molecule is Cc1csc(-n2nnc(C=O)c2Cc2ccc(Cl)cc2)n1. The molecule has 7 heteroatoms. The van der Waals surface area contributed by atoms with Gasteiger partial charge in [-0.05, 0) is 24.6 Å². The summed E-state index contributed by atoms with van der Waals surface area (Å²) < 4.78 is 1.62. The lowest BCUT2D eigenvalue weighted by molar-refractivity contribution is 0.111. The highest BCUT2D eigenvalue weighted by molar-refractivity contribution is 7.12. The van der Waals surface area contributed by atoms with Crippen LogP contribution in [0, 0.1) is 6.92 Å². The van der Waals surface area contributed by atoms with E-state index in [2.05, 4.69) is 15.3 Å². The van der Waals surface area contributed by atoms with Gasteiger partial charge >= 0.3 is 0 Å². The summed E-state index contributed by atoms with van der Waals surface area (Å²) in [5.41, 5.74) is 2.99. The Balaban J connectivity index is 2.01. The fourth-order valence-corrected chi connectivity index (χ4v) is 2.86. The Bertz CT molecular complexity index is 779. The molecule has 1 aromatic carbocycles. The quantitative estimate of drug-likeness (QED) is 0.694. The first-order valence-corrected chi connectivity index (χ1v) is 7.50. The van der Waals surface area contributed by atoms with Crippen molar-refractivity contribution >= 4 is 29.2 Å². The lowest BCUT2D eigenvalue weighted by Crippen LogP contribution is -2.04. The van der Waals surface area contributed by atoms with Crippen LogP contribution in [0.3, 0.4) is 0 Å². The van der Waals surface area contributed by atoms with Crippen molar-refractivity contribution in [2.45, 2.75) is 13.3 Å². The molecule has 0 aliphatic carbocycles. The minimum absolute atomic E-state index is 0.331. The zero-order valence-corrected chi connectivity index (χ0v) is 12.7. The summed E-state index contributed by atoms with van der Waals surface area (Å²) >= 11 is 7.35. The number of thiazole rings is 1. The number of benzene rings is 1. The Morgan fingerprint density at radius 2 is 2.10 bits per heavy atom. The van der Waals surface area contributed by atoms with Gasteiger partial charge in [0.1, 0.15) is 5.69 Å². The average molecular weight is 319 g/mol. The van der Waals surface area contributed by atoms with Gasteiger partial charge in [-0.15, -0.1) is 16.4 Å². The zero-order valence-electron chi connectivity index (χ0n) is 11.2. The number of hydrogen-bond donors (Lipinski definition) is 0. The highest BCUT2D eigenvalue weighted by Gasteiger charge is 2.16. The standard InChI is InChI=1S/C14H11ClN4OS/c1-9-8-21-14(16-9)19-13(12(7-20)17-18-19)6-10-2-4-11(15)5-3-10/h2-5,7-8H,6H2,1H3. The van der Waals surface area contributed by atoms with E-state index in [9.17, 15) is 4.79 Å². The van der Waals surface area contributed by atoms with Crippen LogP contribution >= 0.6 is 22.9 Å². The summed E-state index contributed by atoms with van der Waals surface area (Å²) in [5, 5.41) is 11.3. The summed E-state index contributed by atoms with van der Waals surface area (Å²) in [6.45, 7) is 1.91. The Labute approximate surface area is 130 Å². The molecule has 2 aromatic heterocycles. The van der Waals surface area contributed by atoms with Crippen LogP contribution in [-0.4, -0.2) is 26.3 Å². The van der Waals surface area contributed by atoms with Crippen LogP contribution in [0.15, 0.2) is 29.6 Å². The molecule has 0 unspecified atom stereocenters. The largest absolute Gasteiger partial charge is 0.296 e. The fraction of sp³-hybridized carbons (Fsp3) is 0.143. The molecule has 0 radical (unpaired) electrons. The monoisotopic (exact) mass is 318 g/mol. The number of halogens is 1. The molecule has 0 fully saturated rings. The fourth-order valence-electron chi connectivity index (χ4n) is 1.96. The number of carbonyl (C=O) groups is 1. The van der Waals surface area contributed by atoms with Gasteiger partial charge in [-0.1, -0.05) is 28.9 Å². The second kappa shape index (κ2) is 5.75. The van der Waals surface area contributed by atoms with Crippen LogP contribution in [0.5, 0.6) is 0 Å². The molecule has 0 spiro atoms. The maximum Gasteiger partial charge on any atom is 0.212 e. The van der Waals surface area contributed by atoms with Gasteiger partial charge in [-0.2, -0.15) is 4.68 Å². The number of aromatic nitrogens is 4. The summed E-state index contributed by atoms with van der Waals surface area (Å²) in [6, 6.07) is 7.47. The molecule has 0 atom stereocenters. The predicted molar refractivity (Wildman–Crippen MR) is 81.4 cm³/mol. The molecule has 0 amide bonds. The average Bonchev–Trinajstić information content (AvgIpc) is 3.07. The van der Waals surface area contributed by atoms with Crippen LogP contribution < -0.4 is 0 Å². The molecule has 3 aromatic rings. The van der Waals surface area contributed by atoms with Gasteiger partial charge in [0.25, 0.3) is 0 Å². The first kappa shape index (κ1) is 13.9. The molecule has 0 aliphatic rings. The molecular weight excluding hydrogens is 308 g/mol. The second-order valence-corrected chi connectivity index (χ2v) is 5.80. The third kappa shape index (κ3) is 2.86. The van der Waals surface area contributed by atoms with Gasteiger partial charge in [0.2, 0.25) is 5.13 Å². The Morgan fingerprint density at radius 3 is 2.71 bits per heavy atom. The summed E-state index contributed by atoms with van der Waals surface area (Å²) in [4.78, 5) is 15.6. The van der Waals surface area contributed by atoms with Crippen molar-refractivity contribution < 1.29 is 4.79 Å². The maximum atomic E-state index is 11.2. The van der Waals surface area contributed by atoms with E-state index < -0.39 is 0 Å². The Kier molecular flexibility index (Phi) is 3.81. The molecule has 0 saturated carbocycles. The van der Waals surface area contributed by atoms with Crippen molar-refractivity contribution in [3.05, 3.63) is 57.3 Å². The van der Waals surface area contributed by atoms with Crippen molar-refractivity contribution in [1.29, 1.82) is 0 Å². The normalized spacial score (nSPS) is 10.8. The Hall–Kier alpha value is -2.05. The molecule has 0 bridgehead atoms. The van der Waals surface area contributed by atoms with Crippen LogP contribution in [-0.2, 0) is 6.42 Å². The molecule has 0 aliphatic heterocycles. The first-order valence-electron chi connectivity index (χ1n) is 6.24. The van der Waals surface area contributed by atoms with Crippen LogP contribution in [0.25, 0.3) is 5.13 Å². The van der Waals surface area contributed by atoms with Crippen molar-refractivity contribution in [1.82, 2.24) is 20.0 Å². The van der Waals surface area contributed by atoms with Crippen molar-refractivity contribution in [2.24, 2.45) is 0 Å². The number of carbonyl (C=O) groups excluding carboxylic acids is 1. The first-order chi connectivity index (χ1) is 10.2. The number of hydrogen-bond acceptors (Lipinski definition) is 5. The molecule has 106 valence electrons. The predicted octanol–water partition coefficient (Wildman–Crippen LogP) is 3.09. The number of aryl methyl sites for hydroxylation is 1. The minimum Gasteiger partial charge on any atom is -0.296 e. The highest BCUT2D eigenvalue weighted by atomic mass is 35.5. The van der Waals surface area contributed by atoms with E-state index in [1.807, 2.05) is 36.6 Å². The smallest absolute Gasteiger partial charge is 0.212 e. The van der Waals surface area contributed by atoms with E-state index in [0.29, 0.717) is 22.3 Å². The van der Waals surface area contributed by atoms with E-state index >= 15 is 0 Å². The van der Waals surface area contributed by atoms with Gasteiger partial charge in [-0.25, -0.2) is 4.98 Å². The van der Waals surface area contributed by atoms with Crippen molar-refractivity contribution in [3.8, 4) is 5.13 Å². The minimum atomic E-state index is 0.331. The lowest BCUT2D eigenvalue weighted by Gasteiger charge is -2.04. The van der Waals surface area contributed by atoms with E-state index in [4.69, 9.17) is 11.6 Å². The molecule has 0 saturated heterocycles. The second-order valence-electron chi connectivity index (χ2n) is 4.53. The third-order valence-electron chi connectivity index (χ3n) is 2.98. The van der Waals surface area contributed by atoms with Crippen LogP contribution in [0.1, 0.15) is 27.4 Å². The van der Waals surface area contributed by atoms with E-state index in [1.54, 1.807) is 4.68 Å². The van der Waals surface area contributed by atoms with E-state index in [0.717, 1.165) is 23.2 Å². The highest BCUT2D eigenvalue weighted by Crippen LogP contribution is 2.20. The van der Waals surface area contributed by atoms with Gasteiger partial charge in [0.15, 0.2) is 6.29 Å². The number of aldehydes is 1. The van der Waals surface area contributed by atoms with Crippen molar-refractivity contribution in [3.63, 3.8) is 0 Å². The maximum absolute atomic E-state index is 11.2. The van der Waals surface area contributed by atoms with Crippen LogP contribution in [0.4, 0.5) is 0 Å². The lowest BCUT2D eigenvalue weighted by atomic mass is 10.1. The summed E-state index contributed by atoms with van der Waals surface area (Å²) in [7, 11) is 0. The van der Waals surface area contributed by atoms with Gasteiger partial charge < -0.3 is 0 Å². The third-order valence-corrected chi connectivity index (χ3v) is 4.16. The van der Waals surface area contributed by atoms with Gasteiger partial charge in [-0.3, -0.25) is 4.79 Å². The molecule has 0 N–H and O–H groups in total. The molecule has 2 heterocycles. The van der Waals surface area contributed by atoms with Gasteiger partial charge in [0, 0.05) is 16.8 Å². The molecule has 3 rings (SSSR count). The molecular formula is C14H11ClN4OS. The van der Waals surface area contributed by atoms with E-state index in [-0.39, 0.29) is 0 Å².